The number of aliphatic carboxylic acids is 1. The number of benzene rings is 2. The summed E-state index contributed by atoms with van der Waals surface area (Å²) in [6.07, 6.45) is 4.61. The fourth-order valence-corrected chi connectivity index (χ4v) is 8.88. The normalized spacial score (nSPS) is 21.6. The summed E-state index contributed by atoms with van der Waals surface area (Å²) in [5, 5.41) is 18.0. The molecular weight excluding hydrogens is 1070 g/mol. The molecule has 10 rings (SSSR count). The maximum atomic E-state index is 15.1. The molecule has 0 radical (unpaired) electrons. The zero-order valence-electron chi connectivity index (χ0n) is 44.9. The number of ketones is 2. The van der Waals surface area contributed by atoms with Crippen molar-refractivity contribution in [1.29, 1.82) is 0 Å². The Morgan fingerprint density at radius 1 is 0.675 bits per heavy atom. The van der Waals surface area contributed by atoms with Crippen molar-refractivity contribution >= 4 is 83.7 Å². The lowest BCUT2D eigenvalue weighted by molar-refractivity contribution is -0.164. The minimum atomic E-state index is -0.967. The fraction of sp³-hybridized carbons (Fsp3) is 0.444. The van der Waals surface area contributed by atoms with Gasteiger partial charge in [0.05, 0.1) is 50.8 Å². The second-order valence-electron chi connectivity index (χ2n) is 20.1. The Hall–Kier alpha value is -7.71. The number of ether oxygens (including phenoxy) is 6. The Bertz CT molecular complexity index is 2970. The van der Waals surface area contributed by atoms with Crippen LogP contribution in [0.4, 0.5) is 41.4 Å². The summed E-state index contributed by atoms with van der Waals surface area (Å²) in [4.78, 5) is 85.0. The summed E-state index contributed by atoms with van der Waals surface area (Å²) in [6.45, 7) is 13.1. The molecule has 3 amide bonds. The average molecular weight is 1130 g/mol. The van der Waals surface area contributed by atoms with Crippen LogP contribution in [0, 0.1) is 11.6 Å². The lowest BCUT2D eigenvalue weighted by Gasteiger charge is -2.29. The molecule has 428 valence electrons. The number of rotatable bonds is 14. The van der Waals surface area contributed by atoms with Gasteiger partial charge in [0.2, 0.25) is 0 Å². The van der Waals surface area contributed by atoms with E-state index in [0.29, 0.717) is 84.8 Å². The van der Waals surface area contributed by atoms with Crippen molar-refractivity contribution in [1.82, 2.24) is 20.4 Å². The molecular formula is C54H63ClF2N10O13. The molecule has 0 bridgehead atoms. The van der Waals surface area contributed by atoms with Gasteiger partial charge in [0.25, 0.3) is 5.91 Å². The van der Waals surface area contributed by atoms with Crippen LogP contribution in [0.25, 0.3) is 22.3 Å². The number of carboxylic acids is 1. The first kappa shape index (κ1) is 59.9. The van der Waals surface area contributed by atoms with Gasteiger partial charge in [-0.15, -0.1) is 12.4 Å². The molecule has 6 aliphatic heterocycles. The van der Waals surface area contributed by atoms with Crippen molar-refractivity contribution in [2.24, 2.45) is 10.2 Å². The number of carboxylic acid groups (broad SMARTS) is 1. The number of carbonyl (C=O) groups is 6. The second kappa shape index (κ2) is 26.0. The number of cyclic esters (lactones) is 2. The van der Waals surface area contributed by atoms with E-state index in [1.807, 2.05) is 11.0 Å². The van der Waals surface area contributed by atoms with Gasteiger partial charge in [-0.1, -0.05) is 0 Å². The number of hydrazone groups is 2. The molecule has 0 saturated carbocycles. The first-order valence-corrected chi connectivity index (χ1v) is 25.6. The molecule has 2 aromatic carbocycles. The largest absolute Gasteiger partial charge is 0.479 e. The number of halogens is 3. The first-order chi connectivity index (χ1) is 37.6. The first-order valence-electron chi connectivity index (χ1n) is 25.6. The SMILES string of the molecule is CC(=O)CC[C@H]1CN(c2ccc(-c3ccc(N4C=NN(C(=O)C5COC(C)(C)O5)CC4)nc3)c(F)c2)C(=O)O1.CC(=O)CC[C@H]1CN(c2ccc(-c3ccc(N4C=NNCC4)nc3)c(F)c2)C(=O)O1.CC1(C)OCC(C(=O)O)O1.Cl. The van der Waals surface area contributed by atoms with E-state index in [1.165, 1.54) is 47.1 Å². The third-order valence-electron chi connectivity index (χ3n) is 13.1. The predicted octanol–water partition coefficient (Wildman–Crippen LogP) is 6.90. The number of aromatic nitrogens is 2. The summed E-state index contributed by atoms with van der Waals surface area (Å²) in [5.74, 6) is -2.30. The highest BCUT2D eigenvalue weighted by Gasteiger charge is 2.40. The molecule has 23 nitrogen and oxygen atoms in total. The van der Waals surface area contributed by atoms with Crippen molar-refractivity contribution in [3.8, 4) is 22.3 Å². The highest BCUT2D eigenvalue weighted by molar-refractivity contribution is 5.92. The van der Waals surface area contributed by atoms with Gasteiger partial charge in [0.15, 0.2) is 23.8 Å². The zero-order valence-corrected chi connectivity index (χ0v) is 45.7. The smallest absolute Gasteiger partial charge is 0.414 e. The number of carbonyl (C=O) groups excluding carboxylic acids is 5. The van der Waals surface area contributed by atoms with Crippen LogP contribution in [0.2, 0.25) is 0 Å². The molecule has 8 heterocycles. The minimum Gasteiger partial charge on any atom is -0.479 e. The summed E-state index contributed by atoms with van der Waals surface area (Å²) in [7, 11) is 0. The molecule has 0 spiro atoms. The molecule has 4 saturated heterocycles. The van der Waals surface area contributed by atoms with Crippen LogP contribution in [0.5, 0.6) is 0 Å². The number of amides is 3. The van der Waals surface area contributed by atoms with E-state index in [9.17, 15) is 33.2 Å². The third-order valence-corrected chi connectivity index (χ3v) is 13.1. The van der Waals surface area contributed by atoms with Crippen LogP contribution in [-0.2, 0) is 47.6 Å². The van der Waals surface area contributed by atoms with Gasteiger partial charge in [0.1, 0.15) is 59.7 Å². The Kier molecular flexibility index (Phi) is 19.5. The molecule has 80 heavy (non-hydrogen) atoms. The molecule has 2 aromatic heterocycles. The molecule has 4 fully saturated rings. The summed E-state index contributed by atoms with van der Waals surface area (Å²) < 4.78 is 61.6. The maximum absolute atomic E-state index is 15.1. The van der Waals surface area contributed by atoms with Crippen molar-refractivity contribution in [2.75, 3.05) is 72.1 Å². The van der Waals surface area contributed by atoms with Crippen molar-refractivity contribution < 1.29 is 71.1 Å². The number of nitrogens with one attached hydrogen (secondary N) is 1. The van der Waals surface area contributed by atoms with E-state index in [0.717, 1.165) is 18.9 Å². The zero-order chi connectivity index (χ0) is 56.6. The van der Waals surface area contributed by atoms with Gasteiger partial charge in [0, 0.05) is 60.6 Å². The lowest BCUT2D eigenvalue weighted by atomic mass is 10.1. The number of hydrogen-bond donors (Lipinski definition) is 2. The Balaban J connectivity index is 0.000000199. The van der Waals surface area contributed by atoms with Gasteiger partial charge in [-0.25, -0.2) is 38.1 Å². The predicted molar refractivity (Wildman–Crippen MR) is 290 cm³/mol. The average Bonchev–Trinajstić information content (AvgIpc) is 4.22. The van der Waals surface area contributed by atoms with Crippen molar-refractivity contribution in [3.05, 3.63) is 84.7 Å². The molecule has 6 aliphatic rings. The quantitative estimate of drug-likeness (QED) is 0.130. The third kappa shape index (κ3) is 15.3. The molecule has 4 atom stereocenters. The van der Waals surface area contributed by atoms with Crippen LogP contribution in [0.15, 0.2) is 83.3 Å². The standard InChI is InChI=1S/C27H30FN5O6.C21H22FN5O3.C6H10O4.ClH/c1-17(34)4-7-20-14-32(26(36)38-20)19-6-8-21(22(28)12-19)18-5-9-24(29-13-18)31-10-11-33(30-16-31)25(35)23-15-37-27(2,3)39-23;1-14(28)2-5-17-12-27(21(29)30-17)16-4-6-18(19(22)10-16)15-3-7-20(23-11-15)26-9-8-24-25-13-26;1-6(2)9-3-4(10-6)5(7)8;/h5-6,8-9,12-13,16,20,23H,4,7,10-11,14-15H2,1-3H3;3-4,6-7,10-11,13,17,24H,2,5,8-9,12H2,1H3;4H,3H2,1-2H3,(H,7,8);1H/t20-,23?;17-;;/m00../s1. The van der Waals surface area contributed by atoms with Crippen LogP contribution >= 0.6 is 12.4 Å². The number of anilines is 4. The number of nitrogens with zero attached hydrogens (tertiary/aromatic N) is 9. The number of hydrogen-bond acceptors (Lipinski definition) is 19. The van der Waals surface area contributed by atoms with Crippen LogP contribution in [0.3, 0.4) is 0 Å². The molecule has 2 N–H and O–H groups in total. The van der Waals surface area contributed by atoms with Crippen LogP contribution < -0.4 is 25.0 Å². The van der Waals surface area contributed by atoms with Crippen LogP contribution in [0.1, 0.15) is 67.2 Å². The van der Waals surface area contributed by atoms with Gasteiger partial charge >= 0.3 is 18.2 Å². The molecule has 2 unspecified atom stereocenters. The Labute approximate surface area is 466 Å². The molecule has 4 aromatic rings. The fourth-order valence-electron chi connectivity index (χ4n) is 8.88. The van der Waals surface area contributed by atoms with E-state index in [4.69, 9.17) is 33.5 Å². The van der Waals surface area contributed by atoms with E-state index in [-0.39, 0.29) is 55.7 Å². The van der Waals surface area contributed by atoms with Gasteiger partial charge in [-0.3, -0.25) is 14.6 Å². The van der Waals surface area contributed by atoms with E-state index in [1.54, 1.807) is 93.8 Å². The van der Waals surface area contributed by atoms with E-state index in [2.05, 4.69) is 25.6 Å². The topological polar surface area (TPSA) is 257 Å². The van der Waals surface area contributed by atoms with Gasteiger partial charge in [-0.05, 0) is 115 Å². The van der Waals surface area contributed by atoms with Crippen molar-refractivity contribution in [3.63, 3.8) is 0 Å². The molecule has 0 aliphatic carbocycles. The Morgan fingerprint density at radius 3 is 1.52 bits per heavy atom. The molecule has 26 heteroatoms. The monoisotopic (exact) mass is 1130 g/mol. The second-order valence-corrected chi connectivity index (χ2v) is 20.1. The van der Waals surface area contributed by atoms with Gasteiger partial charge < -0.3 is 58.3 Å². The maximum Gasteiger partial charge on any atom is 0.414 e. The van der Waals surface area contributed by atoms with Gasteiger partial charge in [-0.2, -0.15) is 10.2 Å². The highest BCUT2D eigenvalue weighted by atomic mass is 35.5. The minimum absolute atomic E-state index is 0. The summed E-state index contributed by atoms with van der Waals surface area (Å²) in [6, 6.07) is 16.3. The summed E-state index contributed by atoms with van der Waals surface area (Å²) >= 11 is 0. The van der Waals surface area contributed by atoms with E-state index < -0.39 is 59.7 Å². The van der Waals surface area contributed by atoms with E-state index >= 15 is 4.39 Å². The Morgan fingerprint density at radius 2 is 1.16 bits per heavy atom. The number of Topliss-reactive ketones (excluding diaryl/α,β-unsaturated/α-hetero) is 2. The van der Waals surface area contributed by atoms with Crippen LogP contribution in [-0.4, -0.2) is 157 Å². The summed E-state index contributed by atoms with van der Waals surface area (Å²) in [5.41, 5.74) is 5.62. The highest BCUT2D eigenvalue weighted by Crippen LogP contribution is 2.33. The number of pyridine rings is 2. The van der Waals surface area contributed by atoms with Crippen molar-refractivity contribution in [2.45, 2.75) is 103 Å². The lowest BCUT2D eigenvalue weighted by Crippen LogP contribution is -2.45.